The second-order valence-electron chi connectivity index (χ2n) is 7.88. The number of benzene rings is 1. The normalized spacial score (nSPS) is 34.0. The van der Waals surface area contributed by atoms with Gasteiger partial charge < -0.3 is 10.6 Å². The zero-order valence-corrected chi connectivity index (χ0v) is 14.6. The van der Waals surface area contributed by atoms with Crippen LogP contribution in [0.15, 0.2) is 24.3 Å². The molecule has 4 fully saturated rings. The van der Waals surface area contributed by atoms with Gasteiger partial charge in [-0.25, -0.2) is 0 Å². The average molecular weight is 335 g/mol. The third-order valence-electron chi connectivity index (χ3n) is 6.11. The van der Waals surface area contributed by atoms with Crippen molar-refractivity contribution in [3.63, 3.8) is 0 Å². The lowest BCUT2D eigenvalue weighted by Crippen LogP contribution is -2.51. The van der Waals surface area contributed by atoms with Crippen molar-refractivity contribution in [3.8, 4) is 0 Å². The highest BCUT2D eigenvalue weighted by Gasteiger charge is 2.54. The first-order valence-electron chi connectivity index (χ1n) is 8.72. The molecular weight excluding hydrogens is 308 g/mol. The number of carbonyl (C=O) groups is 1. The first-order chi connectivity index (χ1) is 10.7. The van der Waals surface area contributed by atoms with E-state index in [9.17, 15) is 4.79 Å². The lowest BCUT2D eigenvalue weighted by molar-refractivity contribution is -0.140. The fourth-order valence-electron chi connectivity index (χ4n) is 5.56. The molecule has 4 heteroatoms. The molecule has 0 spiro atoms. The Kier molecular flexibility index (Phi) is 4.70. The van der Waals surface area contributed by atoms with Gasteiger partial charge in [0.2, 0.25) is 5.91 Å². The molecule has 5 rings (SSSR count). The molecule has 0 radical (unpaired) electrons. The lowest BCUT2D eigenvalue weighted by atomic mass is 9.49. The Bertz CT molecular complexity index is 534. The second kappa shape index (κ2) is 6.45. The van der Waals surface area contributed by atoms with Crippen LogP contribution in [0.4, 0.5) is 5.69 Å². The van der Waals surface area contributed by atoms with E-state index < -0.39 is 0 Å². The molecule has 0 atom stereocenters. The first kappa shape index (κ1) is 16.8. The number of nitrogens with one attached hydrogen (secondary N) is 2. The Balaban J connectivity index is 0.00000156. The molecule has 4 aliphatic rings. The number of halogens is 1. The van der Waals surface area contributed by atoms with E-state index in [1.165, 1.54) is 24.8 Å². The molecule has 4 bridgehead atoms. The van der Waals surface area contributed by atoms with Gasteiger partial charge in [-0.2, -0.15) is 0 Å². The summed E-state index contributed by atoms with van der Waals surface area (Å²) in [6, 6.07) is 8.24. The molecule has 4 aliphatic carbocycles. The molecule has 0 saturated heterocycles. The highest BCUT2D eigenvalue weighted by Crippen LogP contribution is 2.60. The van der Waals surface area contributed by atoms with Crippen molar-refractivity contribution in [3.05, 3.63) is 29.8 Å². The van der Waals surface area contributed by atoms with Crippen molar-refractivity contribution in [2.45, 2.75) is 45.1 Å². The van der Waals surface area contributed by atoms with Gasteiger partial charge in [0.25, 0.3) is 0 Å². The molecule has 1 aromatic rings. The number of amides is 1. The molecular formula is C19H27ClN2O. The number of rotatable bonds is 4. The number of carbonyl (C=O) groups excluding carboxylic acids is 1. The molecule has 23 heavy (non-hydrogen) atoms. The van der Waals surface area contributed by atoms with Crippen LogP contribution in [-0.2, 0) is 11.3 Å². The number of hydrogen-bond acceptors (Lipinski definition) is 2. The predicted molar refractivity (Wildman–Crippen MR) is 95.7 cm³/mol. The summed E-state index contributed by atoms with van der Waals surface area (Å²) in [4.78, 5) is 13.0. The van der Waals surface area contributed by atoms with Crippen LogP contribution in [0, 0.1) is 23.2 Å². The minimum Gasteiger partial charge on any atom is -0.326 e. The number of anilines is 1. The Morgan fingerprint density at radius 3 is 2.04 bits per heavy atom. The van der Waals surface area contributed by atoms with Gasteiger partial charge in [0.1, 0.15) is 0 Å². The van der Waals surface area contributed by atoms with E-state index in [1.54, 1.807) is 0 Å². The van der Waals surface area contributed by atoms with Crippen molar-refractivity contribution in [1.29, 1.82) is 0 Å². The quantitative estimate of drug-likeness (QED) is 0.874. The summed E-state index contributed by atoms with van der Waals surface area (Å²) in [6.45, 7) is 0.864. The van der Waals surface area contributed by atoms with Crippen molar-refractivity contribution < 1.29 is 4.79 Å². The van der Waals surface area contributed by atoms with E-state index in [0.717, 1.165) is 49.2 Å². The molecule has 3 nitrogen and oxygen atoms in total. The van der Waals surface area contributed by atoms with Gasteiger partial charge in [-0.05, 0) is 81.0 Å². The SMILES string of the molecule is CNCc1ccc(NC(=O)C23CC4CC(CC(C4)C2)C3)cc1.Cl. The van der Waals surface area contributed by atoms with E-state index in [4.69, 9.17) is 0 Å². The zero-order chi connectivity index (χ0) is 15.2. The third-order valence-corrected chi connectivity index (χ3v) is 6.11. The van der Waals surface area contributed by atoms with Crippen LogP contribution < -0.4 is 10.6 Å². The van der Waals surface area contributed by atoms with Gasteiger partial charge in [0.15, 0.2) is 0 Å². The topological polar surface area (TPSA) is 41.1 Å². The molecule has 126 valence electrons. The minimum atomic E-state index is -0.0571. The highest BCUT2D eigenvalue weighted by molar-refractivity contribution is 5.95. The smallest absolute Gasteiger partial charge is 0.230 e. The summed E-state index contributed by atoms with van der Waals surface area (Å²) < 4.78 is 0. The van der Waals surface area contributed by atoms with Gasteiger partial charge in [-0.3, -0.25) is 4.79 Å². The van der Waals surface area contributed by atoms with Crippen LogP contribution in [0.1, 0.15) is 44.1 Å². The van der Waals surface area contributed by atoms with Crippen LogP contribution in [-0.4, -0.2) is 13.0 Å². The van der Waals surface area contributed by atoms with Crippen molar-refractivity contribution in [2.24, 2.45) is 23.2 Å². The maximum absolute atomic E-state index is 13.0. The second-order valence-corrected chi connectivity index (χ2v) is 7.88. The molecule has 0 unspecified atom stereocenters. The standard InChI is InChI=1S/C19H26N2O.ClH/c1-20-12-13-2-4-17(5-3-13)21-18(22)19-9-14-6-15(10-19)8-16(7-14)11-19;/h2-5,14-16,20H,6-12H2,1H3,(H,21,22);1H. The summed E-state index contributed by atoms with van der Waals surface area (Å²) in [5, 5.41) is 6.35. The molecule has 4 saturated carbocycles. The van der Waals surface area contributed by atoms with E-state index in [2.05, 4.69) is 22.8 Å². The van der Waals surface area contributed by atoms with Crippen molar-refractivity contribution >= 4 is 24.0 Å². The third kappa shape index (κ3) is 3.14. The number of hydrogen-bond donors (Lipinski definition) is 2. The highest BCUT2D eigenvalue weighted by atomic mass is 35.5. The fourth-order valence-corrected chi connectivity index (χ4v) is 5.56. The minimum absolute atomic E-state index is 0. The molecule has 0 heterocycles. The molecule has 2 N–H and O–H groups in total. The average Bonchev–Trinajstić information content (AvgIpc) is 2.48. The van der Waals surface area contributed by atoms with Gasteiger partial charge in [-0.15, -0.1) is 12.4 Å². The molecule has 1 amide bonds. The van der Waals surface area contributed by atoms with E-state index in [0.29, 0.717) is 0 Å². The zero-order valence-electron chi connectivity index (χ0n) is 13.8. The fraction of sp³-hybridized carbons (Fsp3) is 0.632. The van der Waals surface area contributed by atoms with Gasteiger partial charge >= 0.3 is 0 Å². The van der Waals surface area contributed by atoms with Gasteiger partial charge in [0, 0.05) is 12.2 Å². The van der Waals surface area contributed by atoms with Crippen LogP contribution in [0.25, 0.3) is 0 Å². The van der Waals surface area contributed by atoms with Crippen molar-refractivity contribution in [2.75, 3.05) is 12.4 Å². The van der Waals surface area contributed by atoms with E-state index >= 15 is 0 Å². The van der Waals surface area contributed by atoms with Crippen molar-refractivity contribution in [1.82, 2.24) is 5.32 Å². The van der Waals surface area contributed by atoms with Crippen LogP contribution in [0.5, 0.6) is 0 Å². The lowest BCUT2D eigenvalue weighted by Gasteiger charge is -2.55. The van der Waals surface area contributed by atoms with E-state index in [1.807, 2.05) is 19.2 Å². The Hall–Kier alpha value is -1.06. The molecule has 0 aliphatic heterocycles. The monoisotopic (exact) mass is 334 g/mol. The summed E-state index contributed by atoms with van der Waals surface area (Å²) in [5.74, 6) is 2.73. The largest absolute Gasteiger partial charge is 0.326 e. The van der Waals surface area contributed by atoms with Crippen LogP contribution in [0.2, 0.25) is 0 Å². The van der Waals surface area contributed by atoms with Crippen LogP contribution in [0.3, 0.4) is 0 Å². The molecule has 1 aromatic carbocycles. The van der Waals surface area contributed by atoms with E-state index in [-0.39, 0.29) is 23.7 Å². The summed E-state index contributed by atoms with van der Waals surface area (Å²) in [7, 11) is 1.95. The van der Waals surface area contributed by atoms with Gasteiger partial charge in [-0.1, -0.05) is 12.1 Å². The Morgan fingerprint density at radius 2 is 1.57 bits per heavy atom. The summed E-state index contributed by atoms with van der Waals surface area (Å²) in [6.07, 6.45) is 7.52. The maximum atomic E-state index is 13.0. The predicted octanol–water partition coefficient (Wildman–Crippen LogP) is 3.98. The maximum Gasteiger partial charge on any atom is 0.230 e. The summed E-state index contributed by atoms with van der Waals surface area (Å²) in [5.41, 5.74) is 2.13. The Morgan fingerprint density at radius 1 is 1.04 bits per heavy atom. The van der Waals surface area contributed by atoms with Gasteiger partial charge in [0.05, 0.1) is 5.41 Å². The molecule has 0 aromatic heterocycles. The Labute approximate surface area is 145 Å². The summed E-state index contributed by atoms with van der Waals surface area (Å²) >= 11 is 0. The first-order valence-corrected chi connectivity index (χ1v) is 8.72. The van der Waals surface area contributed by atoms with Crippen LogP contribution >= 0.6 is 12.4 Å².